The number of hydrogen-bond acceptors (Lipinski definition) is 8. The van der Waals surface area contributed by atoms with E-state index in [0.29, 0.717) is 13.0 Å². The summed E-state index contributed by atoms with van der Waals surface area (Å²) in [4.78, 5) is 32.6. The average Bonchev–Trinajstić information content (AvgIpc) is 2.51. The monoisotopic (exact) mass is 369 g/mol. The molecule has 0 fully saturated rings. The molecule has 0 saturated carbocycles. The lowest BCUT2D eigenvalue weighted by molar-refractivity contribution is -0.145. The fraction of sp³-hybridized carbons (Fsp3) is 0.769. The predicted octanol–water partition coefficient (Wildman–Crippen LogP) is 1.44. The lowest BCUT2D eigenvalue weighted by Gasteiger charge is -2.19. The first-order chi connectivity index (χ1) is 11.4. The van der Waals surface area contributed by atoms with E-state index in [2.05, 4.69) is 14.8 Å². The zero-order valence-electron chi connectivity index (χ0n) is 14.0. The van der Waals surface area contributed by atoms with Crippen molar-refractivity contribution in [1.82, 2.24) is 5.32 Å². The van der Waals surface area contributed by atoms with Crippen LogP contribution >= 0.6 is 8.60 Å². The van der Waals surface area contributed by atoms with Crippen molar-refractivity contribution < 1.29 is 42.5 Å². The van der Waals surface area contributed by atoms with E-state index in [4.69, 9.17) is 18.7 Å². The molecule has 2 N–H and O–H groups in total. The van der Waals surface area contributed by atoms with Gasteiger partial charge in [-0.15, -0.1) is 0 Å². The Hall–Kier alpha value is -1.48. The van der Waals surface area contributed by atoms with E-state index in [0.717, 1.165) is 6.42 Å². The van der Waals surface area contributed by atoms with Gasteiger partial charge in [0.05, 0.1) is 13.2 Å². The van der Waals surface area contributed by atoms with Crippen LogP contribution in [-0.4, -0.2) is 62.7 Å². The van der Waals surface area contributed by atoms with Crippen molar-refractivity contribution in [2.45, 2.75) is 32.8 Å². The predicted molar refractivity (Wildman–Crippen MR) is 83.3 cm³/mol. The summed E-state index contributed by atoms with van der Waals surface area (Å²) in [6, 6.07) is 0. The van der Waals surface area contributed by atoms with Gasteiger partial charge in [0.1, 0.15) is 6.61 Å². The topological polar surface area (TPSA) is 130 Å². The molecule has 24 heavy (non-hydrogen) atoms. The molecule has 0 aromatic rings. The minimum Gasteiger partial charge on any atom is -0.462 e. The van der Waals surface area contributed by atoms with Gasteiger partial charge >= 0.3 is 20.7 Å². The highest BCUT2D eigenvalue weighted by Gasteiger charge is 2.20. The van der Waals surface area contributed by atoms with Gasteiger partial charge in [-0.2, -0.15) is 0 Å². The standard InChI is InChI=1S/C13H24NO9P/c1-4-5-12(16)14-6-7-21-24(19-3)22-9-11(23-13(17)18)8-20-10(2)15/h11H,4-9H2,1-3H3,(H,14,16)(H,17,18). The first-order valence-corrected chi connectivity index (χ1v) is 8.38. The van der Waals surface area contributed by atoms with E-state index in [9.17, 15) is 14.4 Å². The maximum atomic E-state index is 11.3. The second kappa shape index (κ2) is 13.9. The molecule has 0 heterocycles. The Bertz CT molecular complexity index is 394. The van der Waals surface area contributed by atoms with Gasteiger partial charge < -0.3 is 33.5 Å². The molecule has 10 nitrogen and oxygen atoms in total. The summed E-state index contributed by atoms with van der Waals surface area (Å²) in [5.41, 5.74) is 0. The summed E-state index contributed by atoms with van der Waals surface area (Å²) >= 11 is 0. The van der Waals surface area contributed by atoms with E-state index in [-0.39, 0.29) is 25.7 Å². The Morgan fingerprint density at radius 2 is 1.92 bits per heavy atom. The molecule has 0 saturated heterocycles. The minimum atomic E-state index is -1.75. The number of carboxylic acid groups (broad SMARTS) is 1. The van der Waals surface area contributed by atoms with Crippen LogP contribution in [0.5, 0.6) is 0 Å². The van der Waals surface area contributed by atoms with Crippen molar-refractivity contribution in [3.8, 4) is 0 Å². The van der Waals surface area contributed by atoms with Gasteiger partial charge in [0.2, 0.25) is 5.91 Å². The van der Waals surface area contributed by atoms with Crippen molar-refractivity contribution in [2.24, 2.45) is 0 Å². The van der Waals surface area contributed by atoms with Crippen LogP contribution in [0.1, 0.15) is 26.7 Å². The second-order valence-electron chi connectivity index (χ2n) is 4.44. The zero-order chi connectivity index (χ0) is 18.4. The molecule has 0 radical (unpaired) electrons. The second-order valence-corrected chi connectivity index (χ2v) is 5.77. The number of carbonyl (C=O) groups is 3. The lowest BCUT2D eigenvalue weighted by Crippen LogP contribution is -2.28. The molecule has 0 aliphatic heterocycles. The largest absolute Gasteiger partial charge is 0.506 e. The number of nitrogens with one attached hydrogen (secondary N) is 1. The minimum absolute atomic E-state index is 0.0694. The molecule has 0 bridgehead atoms. The van der Waals surface area contributed by atoms with Crippen molar-refractivity contribution >= 4 is 26.6 Å². The normalized spacial score (nSPS) is 13.0. The van der Waals surface area contributed by atoms with Crippen LogP contribution in [0.25, 0.3) is 0 Å². The maximum absolute atomic E-state index is 11.3. The van der Waals surface area contributed by atoms with Gasteiger partial charge in [-0.05, 0) is 6.42 Å². The van der Waals surface area contributed by atoms with Crippen LogP contribution in [0.4, 0.5) is 4.79 Å². The van der Waals surface area contributed by atoms with Crippen LogP contribution < -0.4 is 5.32 Å². The number of rotatable bonds is 13. The summed E-state index contributed by atoms with van der Waals surface area (Å²) < 4.78 is 24.8. The first-order valence-electron chi connectivity index (χ1n) is 7.28. The lowest BCUT2D eigenvalue weighted by atomic mass is 10.3. The summed E-state index contributed by atoms with van der Waals surface area (Å²) in [5.74, 6) is -0.637. The highest BCUT2D eigenvalue weighted by molar-refractivity contribution is 7.41. The van der Waals surface area contributed by atoms with E-state index in [1.807, 2.05) is 6.92 Å². The van der Waals surface area contributed by atoms with E-state index in [1.165, 1.54) is 14.0 Å². The first kappa shape index (κ1) is 22.5. The Balaban J connectivity index is 4.10. The number of esters is 1. The van der Waals surface area contributed by atoms with Crippen LogP contribution in [0, 0.1) is 0 Å². The highest BCUT2D eigenvalue weighted by Crippen LogP contribution is 2.38. The molecule has 2 unspecified atom stereocenters. The Labute approximate surface area is 141 Å². The van der Waals surface area contributed by atoms with Gasteiger partial charge in [-0.3, -0.25) is 9.59 Å². The molecule has 0 aliphatic rings. The molecular weight excluding hydrogens is 345 g/mol. The van der Waals surface area contributed by atoms with Crippen LogP contribution in [0.3, 0.4) is 0 Å². The summed E-state index contributed by atoms with van der Waals surface area (Å²) in [5, 5.41) is 11.3. The molecule has 0 aliphatic carbocycles. The SMILES string of the molecule is CCCC(=O)NCCOP(OC)OCC(COC(C)=O)OC(=O)O. The fourth-order valence-electron chi connectivity index (χ4n) is 1.38. The number of carbonyl (C=O) groups excluding carboxylic acids is 2. The Morgan fingerprint density at radius 3 is 2.46 bits per heavy atom. The number of amides is 1. The molecule has 2 atom stereocenters. The quantitative estimate of drug-likeness (QED) is 0.281. The molecular formula is C13H24NO9P. The van der Waals surface area contributed by atoms with Crippen molar-refractivity contribution in [3.63, 3.8) is 0 Å². The number of hydrogen-bond donors (Lipinski definition) is 2. The van der Waals surface area contributed by atoms with Gasteiger partial charge in [0, 0.05) is 27.0 Å². The fourth-order valence-corrected chi connectivity index (χ4v) is 2.20. The third-order valence-corrected chi connectivity index (χ3v) is 3.40. The summed E-state index contributed by atoms with van der Waals surface area (Å²) in [6.45, 7) is 3.08. The van der Waals surface area contributed by atoms with Crippen molar-refractivity contribution in [2.75, 3.05) is 33.5 Å². The number of ether oxygens (including phenoxy) is 2. The Kier molecular flexibility index (Phi) is 13.1. The molecule has 0 aromatic carbocycles. The van der Waals surface area contributed by atoms with Gasteiger partial charge in [0.25, 0.3) is 0 Å². The molecule has 1 amide bonds. The summed E-state index contributed by atoms with van der Waals surface area (Å²) in [7, 11) is -0.384. The maximum Gasteiger partial charge on any atom is 0.506 e. The third-order valence-electron chi connectivity index (χ3n) is 2.35. The van der Waals surface area contributed by atoms with Crippen LogP contribution in [0.15, 0.2) is 0 Å². The van der Waals surface area contributed by atoms with E-state index < -0.39 is 26.8 Å². The van der Waals surface area contributed by atoms with Crippen molar-refractivity contribution in [3.05, 3.63) is 0 Å². The highest BCUT2D eigenvalue weighted by atomic mass is 31.2. The molecule has 0 aromatic heterocycles. The van der Waals surface area contributed by atoms with Gasteiger partial charge in [-0.1, -0.05) is 6.92 Å². The third kappa shape index (κ3) is 13.0. The van der Waals surface area contributed by atoms with E-state index in [1.54, 1.807) is 0 Å². The summed E-state index contributed by atoms with van der Waals surface area (Å²) in [6.07, 6.45) is -1.32. The van der Waals surface area contributed by atoms with Crippen LogP contribution in [0.2, 0.25) is 0 Å². The Morgan fingerprint density at radius 1 is 1.21 bits per heavy atom. The molecule has 0 spiro atoms. The van der Waals surface area contributed by atoms with Gasteiger partial charge in [-0.25, -0.2) is 4.79 Å². The molecule has 140 valence electrons. The van der Waals surface area contributed by atoms with Crippen LogP contribution in [-0.2, 0) is 32.6 Å². The smallest absolute Gasteiger partial charge is 0.462 e. The zero-order valence-corrected chi connectivity index (χ0v) is 14.9. The van der Waals surface area contributed by atoms with Gasteiger partial charge in [0.15, 0.2) is 6.10 Å². The molecule has 0 rings (SSSR count). The van der Waals surface area contributed by atoms with E-state index >= 15 is 0 Å². The van der Waals surface area contributed by atoms with Crippen molar-refractivity contribution in [1.29, 1.82) is 0 Å². The molecule has 11 heteroatoms. The average molecular weight is 369 g/mol.